The third kappa shape index (κ3) is 5.59. The molecule has 6 nitrogen and oxygen atoms in total. The zero-order valence-corrected chi connectivity index (χ0v) is 20.4. The van der Waals surface area contributed by atoms with Gasteiger partial charge in [-0.2, -0.15) is 5.01 Å². The van der Waals surface area contributed by atoms with Crippen molar-refractivity contribution in [3.8, 4) is 11.5 Å². The molecule has 1 N–H and O–H groups in total. The summed E-state index contributed by atoms with van der Waals surface area (Å²) < 4.78 is 11.1. The number of amides is 2. The van der Waals surface area contributed by atoms with Crippen LogP contribution in [0.3, 0.4) is 0 Å². The van der Waals surface area contributed by atoms with Crippen molar-refractivity contribution < 1.29 is 19.1 Å². The van der Waals surface area contributed by atoms with Crippen LogP contribution in [0, 0.1) is 0 Å². The Morgan fingerprint density at radius 1 is 1.06 bits per heavy atom. The number of ether oxygens (including phenoxy) is 2. The van der Waals surface area contributed by atoms with Gasteiger partial charge < -0.3 is 9.47 Å². The van der Waals surface area contributed by atoms with Gasteiger partial charge in [0.1, 0.15) is 18.1 Å². The Hall–Kier alpha value is -3.33. The minimum absolute atomic E-state index is 0.248. The topological polar surface area (TPSA) is 67.9 Å². The summed E-state index contributed by atoms with van der Waals surface area (Å²) in [6, 6.07) is 21.4. The predicted molar refractivity (Wildman–Crippen MR) is 138 cm³/mol. The molecule has 172 valence electrons. The van der Waals surface area contributed by atoms with Gasteiger partial charge in [0.15, 0.2) is 4.32 Å². The zero-order valence-electron chi connectivity index (χ0n) is 18.0. The monoisotopic (exact) mass is 510 g/mol. The molecule has 1 saturated heterocycles. The maximum atomic E-state index is 12.8. The van der Waals surface area contributed by atoms with Gasteiger partial charge in [-0.15, -0.1) is 0 Å². The van der Waals surface area contributed by atoms with Crippen molar-refractivity contribution in [2.45, 2.75) is 6.61 Å². The molecule has 0 unspecified atom stereocenters. The van der Waals surface area contributed by atoms with Crippen LogP contribution in [0.25, 0.3) is 6.08 Å². The summed E-state index contributed by atoms with van der Waals surface area (Å²) in [5.74, 6) is 0.470. The van der Waals surface area contributed by atoms with Crippen LogP contribution >= 0.6 is 35.6 Å². The van der Waals surface area contributed by atoms with Crippen LogP contribution in [0.4, 0.5) is 0 Å². The van der Waals surface area contributed by atoms with Crippen LogP contribution in [-0.2, 0) is 11.4 Å². The molecule has 0 aromatic heterocycles. The van der Waals surface area contributed by atoms with Crippen LogP contribution < -0.4 is 14.9 Å². The number of nitrogens with zero attached hydrogens (tertiary/aromatic N) is 1. The van der Waals surface area contributed by atoms with E-state index in [1.54, 1.807) is 37.5 Å². The standard InChI is InChI=1S/C25H19ClN2O4S2/c1-31-19-12-8-17(9-13-19)23(29)27-28-24(30)22(34-25(28)33)14-16-6-10-20(11-7-16)32-15-18-4-2-3-5-21(18)26/h2-14H,15H2,1H3,(H,27,29)/b22-14+. The summed E-state index contributed by atoms with van der Waals surface area (Å²) in [7, 11) is 1.54. The molecule has 1 aliphatic rings. The molecule has 1 fully saturated rings. The number of thioether (sulfide) groups is 1. The number of hydrogen-bond acceptors (Lipinski definition) is 6. The van der Waals surface area contributed by atoms with Crippen molar-refractivity contribution in [1.29, 1.82) is 0 Å². The first-order valence-electron chi connectivity index (χ1n) is 10.1. The van der Waals surface area contributed by atoms with Crippen LogP contribution in [0.15, 0.2) is 77.7 Å². The smallest absolute Gasteiger partial charge is 0.285 e. The van der Waals surface area contributed by atoms with Gasteiger partial charge in [0, 0.05) is 16.1 Å². The number of carbonyl (C=O) groups excluding carboxylic acids is 2. The lowest BCUT2D eigenvalue weighted by Gasteiger charge is -2.15. The third-order valence-corrected chi connectivity index (χ3v) is 6.56. The Bertz CT molecular complexity index is 1260. The quantitative estimate of drug-likeness (QED) is 0.335. The molecular formula is C25H19ClN2O4S2. The van der Waals surface area contributed by atoms with E-state index in [1.165, 1.54) is 0 Å². The fourth-order valence-electron chi connectivity index (χ4n) is 3.06. The minimum atomic E-state index is -0.444. The van der Waals surface area contributed by atoms with Crippen LogP contribution in [-0.4, -0.2) is 28.3 Å². The van der Waals surface area contributed by atoms with E-state index in [2.05, 4.69) is 5.43 Å². The van der Waals surface area contributed by atoms with Gasteiger partial charge in [-0.1, -0.05) is 53.7 Å². The molecule has 0 radical (unpaired) electrons. The Morgan fingerprint density at radius 3 is 2.41 bits per heavy atom. The number of nitrogens with one attached hydrogen (secondary N) is 1. The molecule has 4 rings (SSSR count). The Morgan fingerprint density at radius 2 is 1.74 bits per heavy atom. The zero-order chi connectivity index (χ0) is 24.1. The first-order valence-corrected chi connectivity index (χ1v) is 11.7. The first kappa shape index (κ1) is 23.8. The summed E-state index contributed by atoms with van der Waals surface area (Å²) in [6.45, 7) is 0.353. The fraction of sp³-hybridized carbons (Fsp3) is 0.0800. The van der Waals surface area contributed by atoms with Gasteiger partial charge in [-0.3, -0.25) is 15.0 Å². The average Bonchev–Trinajstić information content (AvgIpc) is 3.11. The molecule has 0 spiro atoms. The van der Waals surface area contributed by atoms with E-state index >= 15 is 0 Å². The van der Waals surface area contributed by atoms with Crippen LogP contribution in [0.2, 0.25) is 5.02 Å². The Balaban J connectivity index is 1.39. The van der Waals surface area contributed by atoms with Gasteiger partial charge in [0.05, 0.1) is 12.0 Å². The summed E-state index contributed by atoms with van der Waals surface area (Å²) in [5.41, 5.74) is 4.64. The molecule has 3 aromatic rings. The Kier molecular flexibility index (Phi) is 7.52. The number of thiocarbonyl (C=S) groups is 1. The highest BCUT2D eigenvalue weighted by atomic mass is 35.5. The third-order valence-electron chi connectivity index (χ3n) is 4.89. The van der Waals surface area contributed by atoms with Crippen molar-refractivity contribution in [1.82, 2.24) is 10.4 Å². The highest BCUT2D eigenvalue weighted by molar-refractivity contribution is 8.26. The SMILES string of the molecule is COc1ccc(C(=O)NN2C(=O)/C(=C\c3ccc(OCc4ccccc4Cl)cc3)SC2=S)cc1. The van der Waals surface area contributed by atoms with Crippen molar-refractivity contribution in [2.24, 2.45) is 0 Å². The molecule has 0 bridgehead atoms. The van der Waals surface area contributed by atoms with Crippen molar-refractivity contribution >= 4 is 57.8 Å². The van der Waals surface area contributed by atoms with Crippen LogP contribution in [0.5, 0.6) is 11.5 Å². The van der Waals surface area contributed by atoms with Crippen molar-refractivity contribution in [3.63, 3.8) is 0 Å². The molecule has 3 aromatic carbocycles. The summed E-state index contributed by atoms with van der Waals surface area (Å²) in [5, 5.41) is 1.74. The van der Waals surface area contributed by atoms with E-state index in [0.717, 1.165) is 27.9 Å². The molecule has 34 heavy (non-hydrogen) atoms. The maximum Gasteiger partial charge on any atom is 0.285 e. The second-order valence-electron chi connectivity index (χ2n) is 7.14. The van der Waals surface area contributed by atoms with E-state index in [-0.39, 0.29) is 4.32 Å². The maximum absolute atomic E-state index is 12.8. The van der Waals surface area contributed by atoms with E-state index in [1.807, 2.05) is 48.5 Å². The minimum Gasteiger partial charge on any atom is -0.497 e. The molecule has 1 heterocycles. The van der Waals surface area contributed by atoms with E-state index in [0.29, 0.717) is 33.6 Å². The molecule has 0 saturated carbocycles. The fourth-order valence-corrected chi connectivity index (χ4v) is 4.43. The lowest BCUT2D eigenvalue weighted by molar-refractivity contribution is -0.123. The molecular weight excluding hydrogens is 492 g/mol. The highest BCUT2D eigenvalue weighted by Gasteiger charge is 2.33. The largest absolute Gasteiger partial charge is 0.497 e. The molecule has 1 aliphatic heterocycles. The number of halogens is 1. The van der Waals surface area contributed by atoms with Gasteiger partial charge in [-0.25, -0.2) is 0 Å². The van der Waals surface area contributed by atoms with E-state index < -0.39 is 11.8 Å². The first-order chi connectivity index (χ1) is 16.4. The molecule has 9 heteroatoms. The number of benzene rings is 3. The number of hydrazine groups is 1. The number of methoxy groups -OCH3 is 1. The lowest BCUT2D eigenvalue weighted by atomic mass is 10.2. The number of hydrogen-bond donors (Lipinski definition) is 1. The molecule has 0 aliphatic carbocycles. The van der Waals surface area contributed by atoms with Gasteiger partial charge in [0.2, 0.25) is 0 Å². The van der Waals surface area contributed by atoms with Crippen molar-refractivity contribution in [2.75, 3.05) is 7.11 Å². The van der Waals surface area contributed by atoms with Crippen LogP contribution in [0.1, 0.15) is 21.5 Å². The van der Waals surface area contributed by atoms with Gasteiger partial charge >= 0.3 is 0 Å². The summed E-state index contributed by atoms with van der Waals surface area (Å²) in [4.78, 5) is 25.8. The number of carbonyl (C=O) groups is 2. The van der Waals surface area contributed by atoms with E-state index in [9.17, 15) is 9.59 Å². The summed E-state index contributed by atoms with van der Waals surface area (Å²) >= 11 is 12.6. The summed E-state index contributed by atoms with van der Waals surface area (Å²) in [6.07, 6.45) is 1.72. The second-order valence-corrected chi connectivity index (χ2v) is 9.22. The molecule has 2 amide bonds. The van der Waals surface area contributed by atoms with Gasteiger partial charge in [0.25, 0.3) is 11.8 Å². The number of rotatable bonds is 7. The second kappa shape index (κ2) is 10.7. The lowest BCUT2D eigenvalue weighted by Crippen LogP contribution is -2.44. The highest BCUT2D eigenvalue weighted by Crippen LogP contribution is 2.32. The Labute approximate surface area is 211 Å². The van der Waals surface area contributed by atoms with E-state index in [4.69, 9.17) is 33.3 Å². The van der Waals surface area contributed by atoms with Gasteiger partial charge in [-0.05, 0) is 66.3 Å². The average molecular weight is 511 g/mol. The normalized spacial score (nSPS) is 14.4. The molecule has 0 atom stereocenters. The van der Waals surface area contributed by atoms with Crippen molar-refractivity contribution in [3.05, 3.63) is 99.4 Å². The predicted octanol–water partition coefficient (Wildman–Crippen LogP) is 5.47.